The number of hydrogen-bond acceptors (Lipinski definition) is 2. The third-order valence-electron chi connectivity index (χ3n) is 3.24. The summed E-state index contributed by atoms with van der Waals surface area (Å²) < 4.78 is 1.02. The van der Waals surface area contributed by atoms with Crippen molar-refractivity contribution < 1.29 is 9.90 Å². The van der Waals surface area contributed by atoms with Crippen molar-refractivity contribution in [1.82, 2.24) is 0 Å². The maximum absolute atomic E-state index is 11.2. The average Bonchev–Trinajstić information content (AvgIpc) is 2.77. The van der Waals surface area contributed by atoms with Crippen LogP contribution in [-0.4, -0.2) is 11.1 Å². The summed E-state index contributed by atoms with van der Waals surface area (Å²) in [4.78, 5) is 11.6. The second-order valence-corrected chi connectivity index (χ2v) is 5.49. The second kappa shape index (κ2) is 4.52. The van der Waals surface area contributed by atoms with E-state index in [4.69, 9.17) is 5.11 Å². The Balaban J connectivity index is 2.21. The lowest BCUT2D eigenvalue weighted by molar-refractivity contribution is 0.0701. The molecule has 0 amide bonds. The van der Waals surface area contributed by atoms with Crippen LogP contribution in [0.2, 0.25) is 0 Å². The Morgan fingerprint density at radius 1 is 1.05 bits per heavy atom. The fourth-order valence-electron chi connectivity index (χ4n) is 2.24. The quantitative estimate of drug-likeness (QED) is 0.739. The lowest BCUT2D eigenvalue weighted by Gasteiger charge is -2.02. The SMILES string of the molecule is Cc1c(C(=O)O)sc2ccc(-c3ccccc3)cc12. The molecule has 3 heteroatoms. The van der Waals surface area contributed by atoms with E-state index in [2.05, 4.69) is 18.2 Å². The molecule has 0 radical (unpaired) electrons. The molecule has 2 nitrogen and oxygen atoms in total. The van der Waals surface area contributed by atoms with Crippen LogP contribution < -0.4 is 0 Å². The maximum Gasteiger partial charge on any atom is 0.346 e. The van der Waals surface area contributed by atoms with Gasteiger partial charge >= 0.3 is 5.97 Å². The van der Waals surface area contributed by atoms with Crippen LogP contribution in [0.15, 0.2) is 48.5 Å². The molecule has 1 heterocycles. The van der Waals surface area contributed by atoms with Crippen LogP contribution in [0.25, 0.3) is 21.2 Å². The second-order valence-electron chi connectivity index (χ2n) is 4.44. The third kappa shape index (κ3) is 2.02. The maximum atomic E-state index is 11.2. The van der Waals surface area contributed by atoms with E-state index >= 15 is 0 Å². The van der Waals surface area contributed by atoms with Gasteiger partial charge in [-0.1, -0.05) is 36.4 Å². The van der Waals surface area contributed by atoms with Crippen LogP contribution in [0.5, 0.6) is 0 Å². The number of benzene rings is 2. The molecule has 1 aromatic heterocycles. The van der Waals surface area contributed by atoms with Crippen LogP contribution in [0.3, 0.4) is 0 Å². The van der Waals surface area contributed by atoms with Crippen LogP contribution in [0.4, 0.5) is 0 Å². The van der Waals surface area contributed by atoms with E-state index in [-0.39, 0.29) is 0 Å². The van der Waals surface area contributed by atoms with Crippen LogP contribution in [0.1, 0.15) is 15.2 Å². The van der Waals surface area contributed by atoms with E-state index in [1.807, 2.05) is 37.3 Å². The van der Waals surface area contributed by atoms with Crippen LogP contribution in [-0.2, 0) is 0 Å². The number of thiophene rings is 1. The van der Waals surface area contributed by atoms with Gasteiger partial charge in [-0.25, -0.2) is 4.79 Å². The van der Waals surface area contributed by atoms with Crippen molar-refractivity contribution in [3.05, 3.63) is 59.0 Å². The Hall–Kier alpha value is -2.13. The van der Waals surface area contributed by atoms with Crippen molar-refractivity contribution in [3.8, 4) is 11.1 Å². The fourth-order valence-corrected chi connectivity index (χ4v) is 3.26. The first-order valence-electron chi connectivity index (χ1n) is 5.98. The topological polar surface area (TPSA) is 37.3 Å². The zero-order valence-electron chi connectivity index (χ0n) is 10.4. The van der Waals surface area contributed by atoms with Crippen molar-refractivity contribution in [1.29, 1.82) is 0 Å². The summed E-state index contributed by atoms with van der Waals surface area (Å²) >= 11 is 1.34. The van der Waals surface area contributed by atoms with Crippen molar-refractivity contribution in [3.63, 3.8) is 0 Å². The average molecular weight is 268 g/mol. The number of hydrogen-bond donors (Lipinski definition) is 1. The number of carbonyl (C=O) groups is 1. The van der Waals surface area contributed by atoms with Gasteiger partial charge in [0.15, 0.2) is 0 Å². The largest absolute Gasteiger partial charge is 0.477 e. The van der Waals surface area contributed by atoms with Crippen molar-refractivity contribution in [2.24, 2.45) is 0 Å². The van der Waals surface area contributed by atoms with Gasteiger partial charge in [0.05, 0.1) is 0 Å². The Morgan fingerprint density at radius 2 is 1.79 bits per heavy atom. The molecule has 2 aromatic carbocycles. The summed E-state index contributed by atoms with van der Waals surface area (Å²) in [5.41, 5.74) is 3.11. The molecule has 0 aliphatic rings. The van der Waals surface area contributed by atoms with Gasteiger partial charge in [0.1, 0.15) is 4.88 Å². The zero-order chi connectivity index (χ0) is 13.4. The molecule has 0 saturated heterocycles. The number of aromatic carboxylic acids is 1. The normalized spacial score (nSPS) is 10.8. The molecule has 19 heavy (non-hydrogen) atoms. The summed E-state index contributed by atoms with van der Waals surface area (Å²) in [6.07, 6.45) is 0. The van der Waals surface area contributed by atoms with E-state index < -0.39 is 5.97 Å². The molecule has 0 aliphatic carbocycles. The summed E-state index contributed by atoms with van der Waals surface area (Å²) in [6, 6.07) is 16.2. The molecule has 0 spiro atoms. The lowest BCUT2D eigenvalue weighted by atomic mass is 10.0. The van der Waals surface area contributed by atoms with E-state index in [0.29, 0.717) is 4.88 Å². The van der Waals surface area contributed by atoms with Crippen LogP contribution in [0, 0.1) is 6.92 Å². The third-order valence-corrected chi connectivity index (χ3v) is 4.50. The first-order valence-corrected chi connectivity index (χ1v) is 6.80. The lowest BCUT2D eigenvalue weighted by Crippen LogP contribution is -1.93. The highest BCUT2D eigenvalue weighted by atomic mass is 32.1. The van der Waals surface area contributed by atoms with E-state index in [0.717, 1.165) is 26.8 Å². The fraction of sp³-hybridized carbons (Fsp3) is 0.0625. The Bertz CT molecular complexity index is 757. The van der Waals surface area contributed by atoms with Crippen LogP contribution >= 0.6 is 11.3 Å². The number of carboxylic acids is 1. The van der Waals surface area contributed by atoms with Gasteiger partial charge in [0.2, 0.25) is 0 Å². The zero-order valence-corrected chi connectivity index (χ0v) is 11.2. The molecule has 0 bridgehead atoms. The minimum absolute atomic E-state index is 0.431. The number of aryl methyl sites for hydroxylation is 1. The smallest absolute Gasteiger partial charge is 0.346 e. The molecule has 0 fully saturated rings. The van der Waals surface area contributed by atoms with Gasteiger partial charge in [-0.15, -0.1) is 11.3 Å². The highest BCUT2D eigenvalue weighted by molar-refractivity contribution is 7.21. The van der Waals surface area contributed by atoms with Gasteiger partial charge in [0.25, 0.3) is 0 Å². The summed E-state index contributed by atoms with van der Waals surface area (Å²) in [6.45, 7) is 1.87. The standard InChI is InChI=1S/C16H12O2S/c1-10-13-9-12(11-5-3-2-4-6-11)7-8-14(13)19-15(10)16(17)18/h2-9H,1H3,(H,17,18). The predicted molar refractivity (Wildman–Crippen MR) is 79.0 cm³/mol. The highest BCUT2D eigenvalue weighted by Gasteiger charge is 2.14. The van der Waals surface area contributed by atoms with Gasteiger partial charge < -0.3 is 5.11 Å². The van der Waals surface area contributed by atoms with Gasteiger partial charge in [-0.3, -0.25) is 0 Å². The van der Waals surface area contributed by atoms with E-state index in [9.17, 15) is 4.79 Å². The minimum atomic E-state index is -0.847. The number of rotatable bonds is 2. The van der Waals surface area contributed by atoms with Gasteiger partial charge in [-0.05, 0) is 41.1 Å². The molecule has 1 N–H and O–H groups in total. The summed E-state index contributed by atoms with van der Waals surface area (Å²) in [7, 11) is 0. The van der Waals surface area contributed by atoms with Gasteiger partial charge in [-0.2, -0.15) is 0 Å². The van der Waals surface area contributed by atoms with Crippen molar-refractivity contribution >= 4 is 27.4 Å². The molecule has 0 aliphatic heterocycles. The number of fused-ring (bicyclic) bond motifs is 1. The molecular weight excluding hydrogens is 256 g/mol. The molecular formula is C16H12O2S. The first-order chi connectivity index (χ1) is 9.16. The first kappa shape index (κ1) is 11.9. The van der Waals surface area contributed by atoms with Crippen molar-refractivity contribution in [2.75, 3.05) is 0 Å². The predicted octanol–water partition coefficient (Wildman–Crippen LogP) is 4.57. The van der Waals surface area contributed by atoms with Crippen molar-refractivity contribution in [2.45, 2.75) is 6.92 Å². The molecule has 94 valence electrons. The summed E-state index contributed by atoms with van der Waals surface area (Å²) in [5.74, 6) is -0.847. The Labute approximate surface area is 114 Å². The molecule has 0 atom stereocenters. The summed E-state index contributed by atoms with van der Waals surface area (Å²) in [5, 5.41) is 10.2. The molecule has 0 saturated carbocycles. The van der Waals surface area contributed by atoms with E-state index in [1.165, 1.54) is 11.3 Å². The Morgan fingerprint density at radius 3 is 2.47 bits per heavy atom. The Kier molecular flexibility index (Phi) is 2.84. The molecule has 3 aromatic rings. The highest BCUT2D eigenvalue weighted by Crippen LogP contribution is 2.33. The molecule has 3 rings (SSSR count). The molecule has 0 unspecified atom stereocenters. The van der Waals surface area contributed by atoms with Gasteiger partial charge in [0, 0.05) is 4.70 Å². The number of carboxylic acid groups (broad SMARTS) is 1. The van der Waals surface area contributed by atoms with E-state index in [1.54, 1.807) is 0 Å². The monoisotopic (exact) mass is 268 g/mol. The minimum Gasteiger partial charge on any atom is -0.477 e.